The Bertz CT molecular complexity index is 324. The van der Waals surface area contributed by atoms with Crippen molar-refractivity contribution in [1.82, 2.24) is 0 Å². The van der Waals surface area contributed by atoms with Crippen LogP contribution < -0.4 is 5.11 Å². The van der Waals surface area contributed by atoms with Crippen molar-refractivity contribution in [1.29, 1.82) is 0 Å². The van der Waals surface area contributed by atoms with Gasteiger partial charge in [0, 0.05) is 5.92 Å². The van der Waals surface area contributed by atoms with E-state index >= 15 is 0 Å². The summed E-state index contributed by atoms with van der Waals surface area (Å²) in [6.07, 6.45) is 1.67. The van der Waals surface area contributed by atoms with Gasteiger partial charge in [0.25, 0.3) is 0 Å². The van der Waals surface area contributed by atoms with E-state index in [4.69, 9.17) is 0 Å². The number of rotatable bonds is 1. The Hall–Kier alpha value is 0.0231. The molecule has 0 aromatic heterocycles. The van der Waals surface area contributed by atoms with Crippen LogP contribution in [-0.2, 0) is 9.59 Å². The van der Waals surface area contributed by atoms with Gasteiger partial charge in [0.1, 0.15) is 5.78 Å². The molecule has 80 valence electrons. The van der Waals surface area contributed by atoms with E-state index in [9.17, 15) is 14.7 Å². The van der Waals surface area contributed by atoms with Crippen LogP contribution in [0, 0.1) is 22.7 Å². The Balaban J connectivity index is 0.00000112. The summed E-state index contributed by atoms with van der Waals surface area (Å²) in [7, 11) is 0. The van der Waals surface area contributed by atoms with Gasteiger partial charge in [0.05, 0.1) is 11.9 Å². The van der Waals surface area contributed by atoms with Gasteiger partial charge in [-0.3, -0.25) is 4.79 Å². The predicted octanol–water partition coefficient (Wildman–Crippen LogP) is -0.00310. The molecule has 3 nitrogen and oxygen atoms in total. The van der Waals surface area contributed by atoms with Crippen molar-refractivity contribution < 1.29 is 14.7 Å². The van der Waals surface area contributed by atoms with Gasteiger partial charge in [0.2, 0.25) is 0 Å². The molecule has 2 aliphatic rings. The number of aliphatic carboxylic acids is 1. The first kappa shape index (κ1) is 13.1. The zero-order chi connectivity index (χ0) is 10.7. The van der Waals surface area contributed by atoms with E-state index in [1.807, 2.05) is 20.8 Å². The molecule has 0 heterocycles. The molecule has 2 radical (unpaired) electrons. The molecule has 2 rings (SSSR count). The quantitative estimate of drug-likeness (QED) is 0.457. The number of carbonyl (C=O) groups is 2. The summed E-state index contributed by atoms with van der Waals surface area (Å²) in [5.41, 5.74) is -0.581. The molecule has 0 N–H and O–H groups in total. The number of Topliss-reactive ketones (excluding diaryl/α,β-unsaturated/α-hetero) is 1. The van der Waals surface area contributed by atoms with Gasteiger partial charge in [-0.25, -0.2) is 0 Å². The van der Waals surface area contributed by atoms with Crippen LogP contribution in [0.1, 0.15) is 33.6 Å². The molecule has 0 aliphatic heterocycles. The first-order valence-corrected chi connectivity index (χ1v) is 5.07. The van der Waals surface area contributed by atoms with Gasteiger partial charge < -0.3 is 9.90 Å². The number of hydrogen-bond donors (Lipinski definition) is 0. The summed E-state index contributed by atoms with van der Waals surface area (Å²) < 4.78 is 0. The van der Waals surface area contributed by atoms with Gasteiger partial charge in [-0.1, -0.05) is 20.8 Å². The fourth-order valence-corrected chi connectivity index (χ4v) is 3.43. The van der Waals surface area contributed by atoms with Gasteiger partial charge in [-0.15, -0.1) is 0 Å². The Labute approximate surface area is 109 Å². The van der Waals surface area contributed by atoms with Gasteiger partial charge >= 0.3 is 26.2 Å². The van der Waals surface area contributed by atoms with Crippen molar-refractivity contribution in [3.63, 3.8) is 0 Å². The third-order valence-electron chi connectivity index (χ3n) is 4.80. The number of ketones is 1. The monoisotopic (exact) mass is 404 g/mol. The first-order valence-electron chi connectivity index (χ1n) is 5.07. The van der Waals surface area contributed by atoms with E-state index in [1.54, 1.807) is 0 Å². The second-order valence-corrected chi connectivity index (χ2v) is 5.38. The van der Waals surface area contributed by atoms with Crippen LogP contribution >= 0.6 is 0 Å². The molecule has 0 amide bonds. The Kier molecular flexibility index (Phi) is 3.06. The maximum Gasteiger partial charge on any atom is 3.00 e. The minimum atomic E-state index is -1.19. The SMILES string of the molecule is CC1(C)C2CCC1(C)C(C(=O)[O-])C2=O.[Bi+3]. The van der Waals surface area contributed by atoms with Gasteiger partial charge in [-0.05, 0) is 23.7 Å². The average molecular weight is 404 g/mol. The standard InChI is InChI=1S/C11H16O3.Bi/c1-10(2)6-4-5-11(10,3)7(8(6)12)9(13)14;/h6-7H,4-5H2,1-3H3,(H,13,14);/q;+3/p-1. The summed E-state index contributed by atoms with van der Waals surface area (Å²) in [6, 6.07) is 0. The maximum atomic E-state index is 11.8. The van der Waals surface area contributed by atoms with Crippen molar-refractivity contribution >= 4 is 38.0 Å². The third-order valence-corrected chi connectivity index (χ3v) is 4.80. The van der Waals surface area contributed by atoms with E-state index in [0.29, 0.717) is 0 Å². The first-order chi connectivity index (χ1) is 6.32. The minimum Gasteiger partial charge on any atom is -0.549 e. The van der Waals surface area contributed by atoms with Gasteiger partial charge in [0.15, 0.2) is 0 Å². The molecule has 2 fully saturated rings. The van der Waals surface area contributed by atoms with Crippen LogP contribution in [0.4, 0.5) is 0 Å². The fourth-order valence-electron chi connectivity index (χ4n) is 3.43. The van der Waals surface area contributed by atoms with Crippen molar-refractivity contribution in [3.8, 4) is 0 Å². The molecule has 2 bridgehead atoms. The van der Waals surface area contributed by atoms with Crippen molar-refractivity contribution in [3.05, 3.63) is 0 Å². The maximum absolute atomic E-state index is 11.8. The predicted molar refractivity (Wildman–Crippen MR) is 53.9 cm³/mol. The largest absolute Gasteiger partial charge is 3.00 e. The molecule has 0 aromatic carbocycles. The topological polar surface area (TPSA) is 57.2 Å². The van der Waals surface area contributed by atoms with E-state index in [1.165, 1.54) is 0 Å². The second kappa shape index (κ2) is 3.51. The summed E-state index contributed by atoms with van der Waals surface area (Å²) in [5.74, 6) is -2.25. The van der Waals surface area contributed by atoms with Crippen molar-refractivity contribution in [2.75, 3.05) is 0 Å². The molecule has 2 aliphatic carbocycles. The van der Waals surface area contributed by atoms with Crippen molar-refractivity contribution in [2.45, 2.75) is 33.6 Å². The molecule has 4 heteroatoms. The van der Waals surface area contributed by atoms with E-state index in [0.717, 1.165) is 12.8 Å². The second-order valence-electron chi connectivity index (χ2n) is 5.38. The molecule has 3 unspecified atom stereocenters. The van der Waals surface area contributed by atoms with Crippen LogP contribution in [0.3, 0.4) is 0 Å². The summed E-state index contributed by atoms with van der Waals surface area (Å²) in [6.45, 7) is 5.93. The Morgan fingerprint density at radius 3 is 2.20 bits per heavy atom. The van der Waals surface area contributed by atoms with Crippen molar-refractivity contribution in [2.24, 2.45) is 22.7 Å². The number of carboxylic acid groups (broad SMARTS) is 1. The summed E-state index contributed by atoms with van der Waals surface area (Å²) in [4.78, 5) is 22.8. The zero-order valence-electron chi connectivity index (χ0n) is 9.24. The minimum absolute atomic E-state index is 0. The summed E-state index contributed by atoms with van der Waals surface area (Å²) >= 11 is 0. The Morgan fingerprint density at radius 1 is 1.40 bits per heavy atom. The smallest absolute Gasteiger partial charge is 0.549 e. The molecule has 3 atom stereocenters. The molecule has 0 aromatic rings. The Morgan fingerprint density at radius 2 is 1.93 bits per heavy atom. The molecule has 2 saturated carbocycles. The van der Waals surface area contributed by atoms with Crippen LogP contribution in [-0.4, -0.2) is 38.0 Å². The fraction of sp³-hybridized carbons (Fsp3) is 0.818. The van der Waals surface area contributed by atoms with Crippen LogP contribution in [0.15, 0.2) is 0 Å². The molecule has 0 spiro atoms. The molecule has 15 heavy (non-hydrogen) atoms. The van der Waals surface area contributed by atoms with Crippen LogP contribution in [0.5, 0.6) is 0 Å². The van der Waals surface area contributed by atoms with Gasteiger partial charge in [-0.2, -0.15) is 0 Å². The molecule has 0 saturated heterocycles. The third kappa shape index (κ3) is 1.33. The van der Waals surface area contributed by atoms with Crippen LogP contribution in [0.25, 0.3) is 0 Å². The average Bonchev–Trinajstić information content (AvgIpc) is 2.30. The number of fused-ring (bicyclic) bond motifs is 2. The molecular weight excluding hydrogens is 389 g/mol. The van der Waals surface area contributed by atoms with E-state index in [-0.39, 0.29) is 43.3 Å². The van der Waals surface area contributed by atoms with Crippen LogP contribution in [0.2, 0.25) is 0 Å². The number of carboxylic acids is 1. The number of carbonyl (C=O) groups excluding carboxylic acids is 2. The normalized spacial score (nSPS) is 41.4. The van der Waals surface area contributed by atoms with E-state index in [2.05, 4.69) is 0 Å². The summed E-state index contributed by atoms with van der Waals surface area (Å²) in [5, 5.41) is 11.0. The zero-order valence-corrected chi connectivity index (χ0v) is 12.7. The molecular formula is C11H15BiO3+2. The number of hydrogen-bond acceptors (Lipinski definition) is 3. The van der Waals surface area contributed by atoms with E-state index < -0.39 is 17.3 Å².